The van der Waals surface area contributed by atoms with E-state index in [0.717, 1.165) is 11.8 Å². The Morgan fingerprint density at radius 2 is 1.70 bits per heavy atom. The average molecular weight is 425 g/mol. The molecule has 0 heterocycles. The first-order valence-corrected chi connectivity index (χ1v) is 10.7. The lowest BCUT2D eigenvalue weighted by Crippen LogP contribution is -2.27. The van der Waals surface area contributed by atoms with Crippen LogP contribution in [0.5, 0.6) is 11.5 Å². The van der Waals surface area contributed by atoms with Gasteiger partial charge in [-0.2, -0.15) is 5.26 Å². The molecule has 0 N–H and O–H groups in total. The number of hydrogen-bond acceptors (Lipinski definition) is 7. The highest BCUT2D eigenvalue weighted by atomic mass is 35.5. The van der Waals surface area contributed by atoms with Gasteiger partial charge in [0, 0.05) is 23.2 Å². The van der Waals surface area contributed by atoms with Crippen molar-refractivity contribution in [3.63, 3.8) is 0 Å². The average Bonchev–Trinajstić information content (AvgIpc) is 2.67. The molecule has 1 atom stereocenters. The van der Waals surface area contributed by atoms with E-state index in [4.69, 9.17) is 21.1 Å². The summed E-state index contributed by atoms with van der Waals surface area (Å²) in [6.45, 7) is 0. The third-order valence-electron chi connectivity index (χ3n) is 3.58. The van der Waals surface area contributed by atoms with Crippen LogP contribution in [0.15, 0.2) is 52.4 Å². The summed E-state index contributed by atoms with van der Waals surface area (Å²) in [7, 11) is -0.963. The largest absolute Gasteiger partial charge is 0.497 e. The maximum absolute atomic E-state index is 12.9. The number of rotatable bonds is 6. The lowest BCUT2D eigenvalue weighted by atomic mass is 10.3. The molecule has 2 aromatic carbocycles. The smallest absolute Gasteiger partial charge is 0.200 e. The van der Waals surface area contributed by atoms with Gasteiger partial charge in [-0.15, -0.1) is 11.8 Å². The Balaban J connectivity index is 2.52. The van der Waals surface area contributed by atoms with Crippen molar-refractivity contribution in [1.29, 1.82) is 5.26 Å². The van der Waals surface area contributed by atoms with Crippen molar-refractivity contribution >= 4 is 43.9 Å². The fourth-order valence-electron chi connectivity index (χ4n) is 2.21. The zero-order chi connectivity index (χ0) is 20.0. The molecular weight excluding hydrogens is 408 g/mol. The van der Waals surface area contributed by atoms with Gasteiger partial charge in [0.25, 0.3) is 0 Å². The maximum Gasteiger partial charge on any atom is 0.200 e. The number of nitrogens with zero attached hydrogens (tertiary/aromatic N) is 2. The summed E-state index contributed by atoms with van der Waals surface area (Å²) in [4.78, 5) is 4.37. The summed E-state index contributed by atoms with van der Waals surface area (Å²) in [5.74, 6) is 1.00. The maximum atomic E-state index is 12.9. The quantitative estimate of drug-likeness (QED) is 0.512. The second-order valence-corrected chi connectivity index (χ2v) is 8.53. The van der Waals surface area contributed by atoms with Crippen molar-refractivity contribution in [2.75, 3.05) is 20.5 Å². The Bertz CT molecular complexity index is 961. The zero-order valence-corrected chi connectivity index (χ0v) is 17.2. The number of benzene rings is 2. The van der Waals surface area contributed by atoms with Crippen LogP contribution in [-0.2, 0) is 9.84 Å². The van der Waals surface area contributed by atoms with Crippen LogP contribution in [0.1, 0.15) is 0 Å². The number of halogens is 1. The fourth-order valence-corrected chi connectivity index (χ4v) is 4.72. The van der Waals surface area contributed by atoms with Crippen molar-refractivity contribution in [2.45, 2.75) is 10.1 Å². The molecule has 0 amide bonds. The van der Waals surface area contributed by atoms with Crippen LogP contribution in [0, 0.1) is 11.3 Å². The summed E-state index contributed by atoms with van der Waals surface area (Å²) in [5.41, 5.74) is 0.419. The molecule has 0 saturated carbocycles. The first kappa shape index (κ1) is 21.1. The molecule has 0 aliphatic carbocycles. The molecule has 1 unspecified atom stereocenters. The second kappa shape index (κ2) is 9.13. The fraction of sp³-hybridized carbons (Fsp3) is 0.222. The van der Waals surface area contributed by atoms with Crippen LogP contribution in [0.2, 0.25) is 5.02 Å². The van der Waals surface area contributed by atoms with Gasteiger partial charge in [0.05, 0.1) is 30.9 Å². The number of hydrogen-bond donors (Lipinski definition) is 0. The predicted molar refractivity (Wildman–Crippen MR) is 108 cm³/mol. The molecule has 9 heteroatoms. The van der Waals surface area contributed by atoms with Crippen LogP contribution in [0.4, 0.5) is 5.69 Å². The Kier molecular flexibility index (Phi) is 7.13. The summed E-state index contributed by atoms with van der Waals surface area (Å²) in [6, 6.07) is 12.4. The molecule has 0 radical (unpaired) electrons. The first-order chi connectivity index (χ1) is 12.8. The second-order valence-electron chi connectivity index (χ2n) is 5.23. The highest BCUT2D eigenvalue weighted by Crippen LogP contribution is 2.30. The van der Waals surface area contributed by atoms with E-state index in [0.29, 0.717) is 22.2 Å². The molecule has 2 rings (SSSR count). The number of sulfone groups is 1. The minimum atomic E-state index is -3.96. The Hall–Kier alpha value is -2.21. The lowest BCUT2D eigenvalue weighted by molar-refractivity contribution is 0.394. The van der Waals surface area contributed by atoms with Gasteiger partial charge in [-0.05, 0) is 30.5 Å². The minimum absolute atomic E-state index is 0.00317. The summed E-state index contributed by atoms with van der Waals surface area (Å²) >= 11 is 6.91. The normalized spacial score (nSPS) is 12.9. The lowest BCUT2D eigenvalue weighted by Gasteiger charge is -2.13. The van der Waals surface area contributed by atoms with E-state index in [2.05, 4.69) is 4.99 Å². The topological polar surface area (TPSA) is 88.8 Å². The number of nitriles is 1. The van der Waals surface area contributed by atoms with Gasteiger partial charge in [-0.3, -0.25) is 0 Å². The summed E-state index contributed by atoms with van der Waals surface area (Å²) in [5, 5.41) is 8.66. The molecule has 0 aromatic heterocycles. The van der Waals surface area contributed by atoms with Gasteiger partial charge in [-0.1, -0.05) is 11.6 Å². The van der Waals surface area contributed by atoms with Gasteiger partial charge >= 0.3 is 0 Å². The summed E-state index contributed by atoms with van der Waals surface area (Å²) in [6.07, 6.45) is 1.66. The molecule has 142 valence electrons. The zero-order valence-electron chi connectivity index (χ0n) is 14.8. The van der Waals surface area contributed by atoms with E-state index < -0.39 is 15.1 Å². The molecule has 0 aliphatic rings. The monoisotopic (exact) mass is 424 g/mol. The Morgan fingerprint density at radius 1 is 1.15 bits per heavy atom. The van der Waals surface area contributed by atoms with Crippen molar-refractivity contribution in [3.05, 3.63) is 47.5 Å². The van der Waals surface area contributed by atoms with Gasteiger partial charge < -0.3 is 9.47 Å². The molecule has 6 nitrogen and oxygen atoms in total. The molecule has 0 spiro atoms. The SMILES string of the molecule is COc1cc(N=C(SC)C(C#N)S(=O)(=O)c2ccc(Cl)cc2)cc(OC)c1. The predicted octanol–water partition coefficient (Wildman–Crippen LogP) is 4.12. The van der Waals surface area contributed by atoms with Crippen molar-refractivity contribution in [3.8, 4) is 17.6 Å². The van der Waals surface area contributed by atoms with Gasteiger partial charge in [0.1, 0.15) is 16.5 Å². The Labute approximate surface area is 167 Å². The summed E-state index contributed by atoms with van der Waals surface area (Å²) < 4.78 is 36.2. The van der Waals surface area contributed by atoms with Gasteiger partial charge in [0.15, 0.2) is 5.25 Å². The molecule has 0 aliphatic heterocycles. The highest BCUT2D eigenvalue weighted by Gasteiger charge is 2.32. The van der Waals surface area contributed by atoms with Crippen LogP contribution in [0.25, 0.3) is 0 Å². The van der Waals surface area contributed by atoms with E-state index in [1.807, 2.05) is 6.07 Å². The van der Waals surface area contributed by atoms with Crippen molar-refractivity contribution in [1.82, 2.24) is 0 Å². The van der Waals surface area contributed by atoms with Crippen LogP contribution in [0.3, 0.4) is 0 Å². The van der Waals surface area contributed by atoms with Crippen LogP contribution in [-0.4, -0.2) is 39.2 Å². The number of thioether (sulfide) groups is 1. The molecular formula is C18H17ClN2O4S2. The van der Waals surface area contributed by atoms with Gasteiger partial charge in [0.2, 0.25) is 9.84 Å². The van der Waals surface area contributed by atoms with Crippen molar-refractivity contribution < 1.29 is 17.9 Å². The van der Waals surface area contributed by atoms with E-state index >= 15 is 0 Å². The highest BCUT2D eigenvalue weighted by molar-refractivity contribution is 8.15. The third kappa shape index (κ3) is 4.95. The number of ether oxygens (including phenoxy) is 2. The van der Waals surface area contributed by atoms with Crippen LogP contribution >= 0.6 is 23.4 Å². The van der Waals surface area contributed by atoms with Gasteiger partial charge in [-0.25, -0.2) is 13.4 Å². The molecule has 0 fully saturated rings. The minimum Gasteiger partial charge on any atom is -0.497 e. The van der Waals surface area contributed by atoms with Crippen molar-refractivity contribution in [2.24, 2.45) is 4.99 Å². The number of aliphatic imine (C=N–C) groups is 1. The molecule has 0 saturated heterocycles. The number of methoxy groups -OCH3 is 2. The molecule has 0 bridgehead atoms. The third-order valence-corrected chi connectivity index (χ3v) is 6.60. The van der Waals surface area contributed by atoms with E-state index in [1.165, 1.54) is 38.5 Å². The van der Waals surface area contributed by atoms with E-state index in [-0.39, 0.29) is 9.94 Å². The molecule has 27 heavy (non-hydrogen) atoms. The van der Waals surface area contributed by atoms with Crippen LogP contribution < -0.4 is 9.47 Å². The molecule has 2 aromatic rings. The van der Waals surface area contributed by atoms with E-state index in [1.54, 1.807) is 24.5 Å². The first-order valence-electron chi connectivity index (χ1n) is 7.60. The van der Waals surface area contributed by atoms with E-state index in [9.17, 15) is 13.7 Å². The standard InChI is InChI=1S/C18H17ClN2O4S2/c1-24-14-8-13(9-15(10-14)25-2)21-18(26-3)17(11-20)27(22,23)16-6-4-12(19)5-7-16/h4-10,17H,1-3H3. The Morgan fingerprint density at radius 3 is 2.15 bits per heavy atom.